The van der Waals surface area contributed by atoms with Gasteiger partial charge in [-0.3, -0.25) is 4.99 Å². The number of aromatic nitrogens is 3. The second-order valence-electron chi connectivity index (χ2n) is 6.52. The maximum atomic E-state index is 5.76. The molecular formula is C19H28N6O2. The van der Waals surface area contributed by atoms with Crippen molar-refractivity contribution in [2.45, 2.75) is 38.8 Å². The zero-order valence-corrected chi connectivity index (χ0v) is 16.2. The molecule has 0 spiro atoms. The van der Waals surface area contributed by atoms with Crippen LogP contribution in [0.4, 0.5) is 0 Å². The lowest BCUT2D eigenvalue weighted by Crippen LogP contribution is -2.47. The molecule has 0 bridgehead atoms. The molecule has 8 nitrogen and oxygen atoms in total. The average Bonchev–Trinajstić information content (AvgIpc) is 3.06. The number of nitrogens with zero attached hydrogens (tertiary/aromatic N) is 4. The number of nitrogens with one attached hydrogen (secondary N) is 2. The maximum absolute atomic E-state index is 5.76. The third kappa shape index (κ3) is 5.35. The number of hydrogen-bond donors (Lipinski definition) is 2. The summed E-state index contributed by atoms with van der Waals surface area (Å²) in [7, 11) is 3.44. The van der Waals surface area contributed by atoms with Crippen LogP contribution >= 0.6 is 0 Å². The van der Waals surface area contributed by atoms with E-state index in [-0.39, 0.29) is 0 Å². The number of guanidine groups is 1. The Morgan fingerprint density at radius 2 is 2.22 bits per heavy atom. The van der Waals surface area contributed by atoms with Gasteiger partial charge in [-0.05, 0) is 31.9 Å². The van der Waals surface area contributed by atoms with Crippen molar-refractivity contribution < 1.29 is 9.47 Å². The first-order chi connectivity index (χ1) is 13.2. The van der Waals surface area contributed by atoms with Crippen molar-refractivity contribution in [2.75, 3.05) is 27.3 Å². The SMILES string of the molecule is CN=C(NCCCOc1cccc(OC)c1)NC1CCc2nc(C)nn2C1. The van der Waals surface area contributed by atoms with Crippen LogP contribution in [0.1, 0.15) is 24.5 Å². The predicted molar refractivity (Wildman–Crippen MR) is 104 cm³/mol. The van der Waals surface area contributed by atoms with Crippen LogP contribution in [-0.4, -0.2) is 54.1 Å². The molecule has 1 aromatic carbocycles. The second kappa shape index (κ2) is 9.25. The number of aryl methyl sites for hydroxylation is 2. The number of ether oxygens (including phenoxy) is 2. The summed E-state index contributed by atoms with van der Waals surface area (Å²) in [5, 5.41) is 11.3. The molecule has 1 aliphatic heterocycles. The van der Waals surface area contributed by atoms with Crippen LogP contribution in [-0.2, 0) is 13.0 Å². The van der Waals surface area contributed by atoms with Gasteiger partial charge in [0.05, 0.1) is 20.3 Å². The predicted octanol–water partition coefficient (Wildman–Crippen LogP) is 1.54. The summed E-state index contributed by atoms with van der Waals surface area (Å²) < 4.78 is 12.9. The van der Waals surface area contributed by atoms with Crippen LogP contribution in [0.5, 0.6) is 11.5 Å². The van der Waals surface area contributed by atoms with Gasteiger partial charge in [0.15, 0.2) is 5.96 Å². The van der Waals surface area contributed by atoms with Crippen LogP contribution in [0, 0.1) is 6.92 Å². The lowest BCUT2D eigenvalue weighted by Gasteiger charge is -2.25. The van der Waals surface area contributed by atoms with Crippen molar-refractivity contribution in [2.24, 2.45) is 4.99 Å². The average molecular weight is 372 g/mol. The van der Waals surface area contributed by atoms with E-state index in [2.05, 4.69) is 25.7 Å². The van der Waals surface area contributed by atoms with Crippen LogP contribution in [0.2, 0.25) is 0 Å². The highest BCUT2D eigenvalue weighted by atomic mass is 16.5. The fourth-order valence-corrected chi connectivity index (χ4v) is 3.10. The minimum Gasteiger partial charge on any atom is -0.497 e. The molecule has 1 unspecified atom stereocenters. The van der Waals surface area contributed by atoms with Crippen LogP contribution in [0.3, 0.4) is 0 Å². The normalized spacial score (nSPS) is 16.6. The Balaban J connectivity index is 1.37. The van der Waals surface area contributed by atoms with Gasteiger partial charge in [-0.15, -0.1) is 0 Å². The first-order valence-corrected chi connectivity index (χ1v) is 9.32. The second-order valence-corrected chi connectivity index (χ2v) is 6.52. The molecule has 0 fully saturated rings. The summed E-state index contributed by atoms with van der Waals surface area (Å²) >= 11 is 0. The molecule has 8 heteroatoms. The van der Waals surface area contributed by atoms with Crippen molar-refractivity contribution in [3.8, 4) is 11.5 Å². The number of fused-ring (bicyclic) bond motifs is 1. The molecule has 27 heavy (non-hydrogen) atoms. The third-order valence-corrected chi connectivity index (χ3v) is 4.45. The summed E-state index contributed by atoms with van der Waals surface area (Å²) in [5.41, 5.74) is 0. The van der Waals surface area contributed by atoms with Gasteiger partial charge in [0.25, 0.3) is 0 Å². The van der Waals surface area contributed by atoms with Gasteiger partial charge in [0, 0.05) is 32.1 Å². The summed E-state index contributed by atoms with van der Waals surface area (Å²) in [6.45, 7) is 4.16. The van der Waals surface area contributed by atoms with E-state index in [1.165, 1.54) is 0 Å². The molecule has 3 rings (SSSR count). The zero-order valence-electron chi connectivity index (χ0n) is 16.2. The summed E-state index contributed by atoms with van der Waals surface area (Å²) in [4.78, 5) is 8.76. The Hall–Kier alpha value is -2.77. The van der Waals surface area contributed by atoms with Crippen molar-refractivity contribution in [1.29, 1.82) is 0 Å². The van der Waals surface area contributed by atoms with Crippen LogP contribution < -0.4 is 20.1 Å². The number of benzene rings is 1. The largest absolute Gasteiger partial charge is 0.497 e. The Morgan fingerprint density at radius 1 is 1.37 bits per heavy atom. The topological polar surface area (TPSA) is 85.6 Å². The van der Waals surface area contributed by atoms with Crippen molar-refractivity contribution in [3.63, 3.8) is 0 Å². The van der Waals surface area contributed by atoms with Crippen LogP contribution in [0.25, 0.3) is 0 Å². The molecule has 2 aromatic rings. The van der Waals surface area contributed by atoms with Gasteiger partial charge in [-0.1, -0.05) is 6.07 Å². The molecule has 0 saturated heterocycles. The summed E-state index contributed by atoms with van der Waals surface area (Å²) in [5.74, 6) is 4.33. The maximum Gasteiger partial charge on any atom is 0.191 e. The number of methoxy groups -OCH3 is 1. The van der Waals surface area contributed by atoms with Gasteiger partial charge in [0.1, 0.15) is 23.1 Å². The Bertz CT molecular complexity index is 773. The van der Waals surface area contributed by atoms with E-state index < -0.39 is 0 Å². The molecule has 1 aliphatic rings. The Labute approximate surface area is 160 Å². The fourth-order valence-electron chi connectivity index (χ4n) is 3.10. The van der Waals surface area contributed by atoms with Gasteiger partial charge < -0.3 is 20.1 Å². The molecule has 1 aromatic heterocycles. The molecule has 0 aliphatic carbocycles. The van der Waals surface area contributed by atoms with Crippen molar-refractivity contribution >= 4 is 5.96 Å². The van der Waals surface area contributed by atoms with E-state index >= 15 is 0 Å². The highest BCUT2D eigenvalue weighted by Crippen LogP contribution is 2.18. The minimum absolute atomic E-state index is 0.304. The molecule has 0 amide bonds. The standard InChI is InChI=1S/C19H28N6O2/c1-14-22-18-9-8-15(13-25(18)24-14)23-19(20-2)21-10-5-11-27-17-7-4-6-16(12-17)26-3/h4,6-7,12,15H,5,8-11,13H2,1-3H3,(H2,20,21,23). The molecule has 1 atom stereocenters. The number of rotatable bonds is 7. The van der Waals surface area contributed by atoms with Gasteiger partial charge in [0.2, 0.25) is 0 Å². The highest BCUT2D eigenvalue weighted by molar-refractivity contribution is 5.79. The fraction of sp³-hybridized carbons (Fsp3) is 0.526. The third-order valence-electron chi connectivity index (χ3n) is 4.45. The van der Waals surface area contributed by atoms with Gasteiger partial charge in [-0.2, -0.15) is 5.10 Å². The van der Waals surface area contributed by atoms with E-state index in [0.717, 1.165) is 61.5 Å². The number of hydrogen-bond acceptors (Lipinski definition) is 5. The van der Waals surface area contributed by atoms with Crippen molar-refractivity contribution in [1.82, 2.24) is 25.4 Å². The number of aliphatic imine (C=N–C) groups is 1. The zero-order chi connectivity index (χ0) is 19.1. The van der Waals surface area contributed by atoms with Crippen molar-refractivity contribution in [3.05, 3.63) is 35.9 Å². The van der Waals surface area contributed by atoms with Crippen LogP contribution in [0.15, 0.2) is 29.3 Å². The molecule has 2 N–H and O–H groups in total. The highest BCUT2D eigenvalue weighted by Gasteiger charge is 2.21. The van der Waals surface area contributed by atoms with Gasteiger partial charge >= 0.3 is 0 Å². The molecular weight excluding hydrogens is 344 g/mol. The smallest absolute Gasteiger partial charge is 0.191 e. The first kappa shape index (κ1) is 19.0. The molecule has 2 heterocycles. The van der Waals surface area contributed by atoms with E-state index in [1.54, 1.807) is 14.2 Å². The summed E-state index contributed by atoms with van der Waals surface area (Å²) in [6.07, 6.45) is 2.83. The lowest BCUT2D eigenvalue weighted by molar-refractivity contribution is 0.308. The summed E-state index contributed by atoms with van der Waals surface area (Å²) in [6, 6.07) is 7.94. The minimum atomic E-state index is 0.304. The molecule has 0 saturated carbocycles. The Morgan fingerprint density at radius 3 is 3.04 bits per heavy atom. The van der Waals surface area contributed by atoms with Gasteiger partial charge in [-0.25, -0.2) is 9.67 Å². The first-order valence-electron chi connectivity index (χ1n) is 9.32. The van der Waals surface area contributed by atoms with E-state index in [9.17, 15) is 0 Å². The van der Waals surface area contributed by atoms with E-state index in [4.69, 9.17) is 9.47 Å². The van der Waals surface area contributed by atoms with E-state index in [1.807, 2.05) is 35.9 Å². The molecule has 0 radical (unpaired) electrons. The quantitative estimate of drug-likeness (QED) is 0.436. The molecule has 146 valence electrons. The Kier molecular flexibility index (Phi) is 6.51. The van der Waals surface area contributed by atoms with E-state index in [0.29, 0.717) is 12.6 Å². The lowest BCUT2D eigenvalue weighted by atomic mass is 10.1. The monoisotopic (exact) mass is 372 g/mol.